The number of nitrogens with one attached hydrogen (secondary N) is 1. The van der Waals surface area contributed by atoms with Crippen LogP contribution in [0.3, 0.4) is 0 Å². The van der Waals surface area contributed by atoms with Gasteiger partial charge in [0.15, 0.2) is 0 Å². The molecule has 19 heavy (non-hydrogen) atoms. The van der Waals surface area contributed by atoms with E-state index in [1.165, 1.54) is 0 Å². The molecule has 1 N–H and O–H groups in total. The van der Waals surface area contributed by atoms with Crippen molar-refractivity contribution in [1.29, 1.82) is 0 Å². The molecule has 1 heterocycles. The first-order valence-electron chi connectivity index (χ1n) is 5.60. The normalized spacial score (nSPS) is 10.8. The van der Waals surface area contributed by atoms with E-state index in [4.69, 9.17) is 0 Å². The molecule has 0 radical (unpaired) electrons. The molecule has 0 fully saturated rings. The number of halogens is 2. The predicted molar refractivity (Wildman–Crippen MR) is 67.7 cm³/mol. The first-order chi connectivity index (χ1) is 9.18. The Morgan fingerprint density at radius 2 is 1.53 bits per heavy atom. The van der Waals surface area contributed by atoms with Crippen molar-refractivity contribution in [3.63, 3.8) is 0 Å². The summed E-state index contributed by atoms with van der Waals surface area (Å²) in [5.74, 6) is -1.44. The lowest BCUT2D eigenvalue weighted by atomic mass is 10.0. The first-order valence-corrected chi connectivity index (χ1v) is 5.60. The Bertz CT molecular complexity index is 813. The molecule has 0 spiro atoms. The third kappa shape index (κ3) is 1.79. The maximum atomic E-state index is 13.9. The van der Waals surface area contributed by atoms with E-state index in [9.17, 15) is 13.6 Å². The van der Waals surface area contributed by atoms with Gasteiger partial charge in [-0.25, -0.2) is 13.9 Å². The van der Waals surface area contributed by atoms with Gasteiger partial charge in [0.05, 0.1) is 10.8 Å². The predicted octanol–water partition coefficient (Wildman–Crippen LogP) is 2.87. The van der Waals surface area contributed by atoms with Crippen LogP contribution in [0.25, 0.3) is 22.0 Å². The average Bonchev–Trinajstić information content (AvgIpc) is 2.44. The van der Waals surface area contributed by atoms with Crippen LogP contribution in [-0.4, -0.2) is 10.2 Å². The van der Waals surface area contributed by atoms with Crippen molar-refractivity contribution in [2.75, 3.05) is 0 Å². The van der Waals surface area contributed by atoms with Crippen LogP contribution >= 0.6 is 0 Å². The monoisotopic (exact) mass is 258 g/mol. The molecule has 0 aliphatic rings. The second-order valence-corrected chi connectivity index (χ2v) is 4.05. The van der Waals surface area contributed by atoms with Gasteiger partial charge in [-0.3, -0.25) is 4.79 Å². The Labute approximate surface area is 106 Å². The molecule has 0 saturated carbocycles. The van der Waals surface area contributed by atoms with Crippen molar-refractivity contribution in [2.24, 2.45) is 0 Å². The summed E-state index contributed by atoms with van der Waals surface area (Å²) in [5.41, 5.74) is 0.0760. The standard InChI is InChI=1S/C14H8F2N2O/c15-9-6-7-10(16)12-11(9)13(17-18-14(12)19)8-4-2-1-3-5-8/h1-7H,(H,18,19). The fraction of sp³-hybridized carbons (Fsp3) is 0. The van der Waals surface area contributed by atoms with Gasteiger partial charge in [0, 0.05) is 5.56 Å². The lowest BCUT2D eigenvalue weighted by Gasteiger charge is -2.06. The third-order valence-corrected chi connectivity index (χ3v) is 2.88. The molecule has 0 saturated heterocycles. The summed E-state index contributed by atoms with van der Waals surface area (Å²) in [6.45, 7) is 0. The van der Waals surface area contributed by atoms with Crippen LogP contribution < -0.4 is 5.56 Å². The zero-order valence-electron chi connectivity index (χ0n) is 9.65. The highest BCUT2D eigenvalue weighted by Gasteiger charge is 2.16. The quantitative estimate of drug-likeness (QED) is 0.729. The Morgan fingerprint density at radius 3 is 2.21 bits per heavy atom. The molecular formula is C14H8F2N2O. The molecule has 94 valence electrons. The molecule has 0 amide bonds. The SMILES string of the molecule is O=c1[nH]nc(-c2ccccc2)c2c(F)ccc(F)c12. The smallest absolute Gasteiger partial charge is 0.267 e. The highest BCUT2D eigenvalue weighted by atomic mass is 19.1. The summed E-state index contributed by atoms with van der Waals surface area (Å²) < 4.78 is 27.6. The topological polar surface area (TPSA) is 45.8 Å². The molecule has 0 atom stereocenters. The lowest BCUT2D eigenvalue weighted by molar-refractivity contribution is 0.616. The summed E-state index contributed by atoms with van der Waals surface area (Å²) in [6, 6.07) is 10.7. The van der Waals surface area contributed by atoms with Gasteiger partial charge in [0.25, 0.3) is 5.56 Å². The summed E-state index contributed by atoms with van der Waals surface area (Å²) in [4.78, 5) is 11.6. The first kappa shape index (κ1) is 11.5. The largest absolute Gasteiger partial charge is 0.275 e. The highest BCUT2D eigenvalue weighted by molar-refractivity contribution is 5.94. The van der Waals surface area contributed by atoms with E-state index in [1.807, 2.05) is 0 Å². The Balaban J connectivity index is 2.49. The molecule has 3 rings (SSSR count). The molecule has 5 heteroatoms. The fourth-order valence-corrected chi connectivity index (χ4v) is 2.03. The molecule has 3 nitrogen and oxygen atoms in total. The molecular weight excluding hydrogens is 250 g/mol. The third-order valence-electron chi connectivity index (χ3n) is 2.88. The number of aromatic amines is 1. The van der Waals surface area contributed by atoms with Gasteiger partial charge in [0.2, 0.25) is 0 Å². The van der Waals surface area contributed by atoms with Crippen molar-refractivity contribution in [3.05, 3.63) is 64.5 Å². The van der Waals surface area contributed by atoms with Gasteiger partial charge < -0.3 is 0 Å². The number of fused-ring (bicyclic) bond motifs is 1. The van der Waals surface area contributed by atoms with Gasteiger partial charge >= 0.3 is 0 Å². The summed E-state index contributed by atoms with van der Waals surface area (Å²) in [5, 5.41) is 5.62. The van der Waals surface area contributed by atoms with E-state index < -0.39 is 17.2 Å². The van der Waals surface area contributed by atoms with Gasteiger partial charge in [-0.2, -0.15) is 5.10 Å². The fourth-order valence-electron chi connectivity index (χ4n) is 2.03. The van der Waals surface area contributed by atoms with E-state index in [0.717, 1.165) is 12.1 Å². The van der Waals surface area contributed by atoms with Gasteiger partial charge in [-0.05, 0) is 12.1 Å². The molecule has 0 aliphatic carbocycles. The van der Waals surface area contributed by atoms with Crippen molar-refractivity contribution < 1.29 is 8.78 Å². The van der Waals surface area contributed by atoms with E-state index in [0.29, 0.717) is 5.56 Å². The summed E-state index contributed by atoms with van der Waals surface area (Å²) >= 11 is 0. The lowest BCUT2D eigenvalue weighted by Crippen LogP contribution is -2.12. The Kier molecular flexibility index (Phi) is 2.59. The molecule has 0 unspecified atom stereocenters. The summed E-state index contributed by atoms with van der Waals surface area (Å²) in [7, 11) is 0. The number of hydrogen-bond acceptors (Lipinski definition) is 2. The van der Waals surface area contributed by atoms with Crippen LogP contribution in [0.4, 0.5) is 8.78 Å². The molecule has 0 aliphatic heterocycles. The van der Waals surface area contributed by atoms with E-state index in [-0.39, 0.29) is 16.5 Å². The van der Waals surface area contributed by atoms with Gasteiger partial charge in [0.1, 0.15) is 17.3 Å². The van der Waals surface area contributed by atoms with E-state index in [2.05, 4.69) is 10.2 Å². The minimum absolute atomic E-state index is 0.102. The average molecular weight is 258 g/mol. The van der Waals surface area contributed by atoms with E-state index >= 15 is 0 Å². The van der Waals surface area contributed by atoms with Gasteiger partial charge in [-0.1, -0.05) is 30.3 Å². The van der Waals surface area contributed by atoms with Crippen molar-refractivity contribution in [1.82, 2.24) is 10.2 Å². The zero-order valence-corrected chi connectivity index (χ0v) is 9.65. The molecule has 1 aromatic heterocycles. The number of H-pyrrole nitrogens is 1. The summed E-state index contributed by atoms with van der Waals surface area (Å²) in [6.07, 6.45) is 0. The zero-order chi connectivity index (χ0) is 13.4. The Morgan fingerprint density at radius 1 is 0.895 bits per heavy atom. The second kappa shape index (κ2) is 4.28. The number of nitrogens with zero attached hydrogens (tertiary/aromatic N) is 1. The van der Waals surface area contributed by atoms with Crippen LogP contribution in [0.5, 0.6) is 0 Å². The number of rotatable bonds is 1. The molecule has 3 aromatic rings. The number of aromatic nitrogens is 2. The van der Waals surface area contributed by atoms with Crippen molar-refractivity contribution in [2.45, 2.75) is 0 Å². The van der Waals surface area contributed by atoms with Crippen LogP contribution in [0.15, 0.2) is 47.3 Å². The maximum absolute atomic E-state index is 13.9. The molecule has 2 aromatic carbocycles. The minimum Gasteiger partial charge on any atom is -0.267 e. The maximum Gasteiger partial charge on any atom is 0.275 e. The minimum atomic E-state index is -0.766. The highest BCUT2D eigenvalue weighted by Crippen LogP contribution is 2.27. The van der Waals surface area contributed by atoms with Crippen LogP contribution in [0.1, 0.15) is 0 Å². The van der Waals surface area contributed by atoms with Crippen molar-refractivity contribution in [3.8, 4) is 11.3 Å². The van der Waals surface area contributed by atoms with Crippen LogP contribution in [0, 0.1) is 11.6 Å². The van der Waals surface area contributed by atoms with Crippen LogP contribution in [-0.2, 0) is 0 Å². The Hall–Kier alpha value is -2.56. The number of benzene rings is 2. The second-order valence-electron chi connectivity index (χ2n) is 4.05. The van der Waals surface area contributed by atoms with Crippen molar-refractivity contribution >= 4 is 10.8 Å². The van der Waals surface area contributed by atoms with E-state index in [1.54, 1.807) is 30.3 Å². The van der Waals surface area contributed by atoms with Gasteiger partial charge in [-0.15, -0.1) is 0 Å². The molecule has 0 bridgehead atoms. The number of hydrogen-bond donors (Lipinski definition) is 1. The van der Waals surface area contributed by atoms with Crippen LogP contribution in [0.2, 0.25) is 0 Å².